The molecule has 0 bridgehead atoms. The minimum absolute atomic E-state index is 0.00693. The number of unbranched alkanes of at least 4 members (excludes halogenated alkanes) is 15. The maximum absolute atomic E-state index is 12.9. The average molecular weight is 783 g/mol. The zero-order chi connectivity index (χ0) is 39.8. The van der Waals surface area contributed by atoms with Gasteiger partial charge < -0.3 is 20.1 Å². The number of aliphatic hydroxyl groups is 1. The van der Waals surface area contributed by atoms with Crippen LogP contribution in [0.15, 0.2) is 0 Å². The summed E-state index contributed by atoms with van der Waals surface area (Å²) in [6.07, 6.45) is 35.8. The molecule has 1 saturated heterocycles. The minimum Gasteiger partial charge on any atom is -0.462 e. The van der Waals surface area contributed by atoms with E-state index in [1.54, 1.807) is 0 Å². The summed E-state index contributed by atoms with van der Waals surface area (Å²) >= 11 is 0. The highest BCUT2D eigenvalue weighted by atomic mass is 16.5. The highest BCUT2D eigenvalue weighted by Gasteiger charge is 2.63. The van der Waals surface area contributed by atoms with E-state index in [0.29, 0.717) is 48.3 Å². The zero-order valence-electron chi connectivity index (χ0n) is 37.3. The Hall–Kier alpha value is -1.14. The molecule has 2 N–H and O–H groups in total. The molecule has 10 atom stereocenters. The number of aliphatic hydroxyl groups excluding tert-OH is 1. The summed E-state index contributed by atoms with van der Waals surface area (Å²) in [5.74, 6) is 3.38. The Morgan fingerprint density at radius 2 is 1.34 bits per heavy atom. The van der Waals surface area contributed by atoms with Crippen LogP contribution in [0.1, 0.15) is 220 Å². The molecule has 5 fully saturated rings. The highest BCUT2D eigenvalue weighted by molar-refractivity contribution is 5.75. The van der Waals surface area contributed by atoms with Crippen LogP contribution in [0.3, 0.4) is 0 Å². The van der Waals surface area contributed by atoms with Crippen LogP contribution < -0.4 is 5.32 Å². The third-order valence-electron chi connectivity index (χ3n) is 16.9. The van der Waals surface area contributed by atoms with Crippen LogP contribution in [-0.2, 0) is 14.3 Å². The number of nitrogens with zero attached hydrogens (tertiary/aromatic N) is 1. The lowest BCUT2D eigenvalue weighted by Gasteiger charge is -2.62. The SMILES string of the molecule is CCCCCCCCCCCCCCCCCC(=O)O[C@@H]1CC[C@@]2(C)[C@@H](C1)C[C@H](O)[C@@H]1[C@@H]2CC[C@]2(C)[C@@H]([C@H](C)CCC(=O)NCCCCN3CCCC3)CC[C@@H]12. The van der Waals surface area contributed by atoms with E-state index in [9.17, 15) is 14.7 Å². The number of hydrogen-bond acceptors (Lipinski definition) is 5. The van der Waals surface area contributed by atoms with Gasteiger partial charge in [-0.25, -0.2) is 0 Å². The van der Waals surface area contributed by atoms with Gasteiger partial charge in [-0.1, -0.05) is 118 Å². The molecule has 6 nitrogen and oxygen atoms in total. The van der Waals surface area contributed by atoms with Crippen molar-refractivity contribution < 1.29 is 19.4 Å². The van der Waals surface area contributed by atoms with E-state index < -0.39 is 0 Å². The number of carbonyl (C=O) groups is 2. The Kier molecular flexibility index (Phi) is 19.4. The van der Waals surface area contributed by atoms with Crippen molar-refractivity contribution in [3.8, 4) is 0 Å². The number of fused-ring (bicyclic) bond motifs is 5. The molecule has 1 aliphatic heterocycles. The van der Waals surface area contributed by atoms with Gasteiger partial charge in [0, 0.05) is 19.4 Å². The van der Waals surface area contributed by atoms with E-state index in [-0.39, 0.29) is 34.9 Å². The molecule has 1 amide bonds. The van der Waals surface area contributed by atoms with Crippen LogP contribution >= 0.6 is 0 Å². The third-order valence-corrected chi connectivity index (χ3v) is 16.9. The lowest BCUT2D eigenvalue weighted by molar-refractivity contribution is -0.183. The van der Waals surface area contributed by atoms with Gasteiger partial charge in [-0.15, -0.1) is 0 Å². The molecule has 5 rings (SSSR count). The van der Waals surface area contributed by atoms with Crippen LogP contribution in [0.5, 0.6) is 0 Å². The summed E-state index contributed by atoms with van der Waals surface area (Å²) in [6, 6.07) is 0. The van der Waals surface area contributed by atoms with Gasteiger partial charge >= 0.3 is 5.97 Å². The number of carbonyl (C=O) groups excluding carboxylic acids is 2. The van der Waals surface area contributed by atoms with Gasteiger partial charge in [-0.05, 0) is 156 Å². The first-order chi connectivity index (χ1) is 27.2. The van der Waals surface area contributed by atoms with Gasteiger partial charge in [0.2, 0.25) is 5.91 Å². The second-order valence-electron chi connectivity index (χ2n) is 20.7. The van der Waals surface area contributed by atoms with E-state index >= 15 is 0 Å². The Morgan fingerprint density at radius 3 is 2.00 bits per heavy atom. The first kappa shape index (κ1) is 45.9. The molecule has 4 aliphatic carbocycles. The van der Waals surface area contributed by atoms with Crippen LogP contribution in [0.2, 0.25) is 0 Å². The fraction of sp³-hybridized carbons (Fsp3) is 0.960. The average Bonchev–Trinajstić information content (AvgIpc) is 3.83. The number of rotatable bonds is 26. The van der Waals surface area contributed by atoms with Gasteiger partial charge in [-0.2, -0.15) is 0 Å². The van der Waals surface area contributed by atoms with Gasteiger partial charge in [0.15, 0.2) is 0 Å². The summed E-state index contributed by atoms with van der Waals surface area (Å²) in [4.78, 5) is 28.3. The number of ether oxygens (including phenoxy) is 1. The maximum Gasteiger partial charge on any atom is 0.306 e. The molecular weight excluding hydrogens is 693 g/mol. The molecule has 0 aromatic heterocycles. The standard InChI is InChI=1S/C50H90N2O4/c1-5-6-7-8-9-10-11-12-13-14-15-16-17-18-19-24-47(55)56-41-29-31-49(3)40(37-41)38-45(53)48-43-27-26-42(50(43,4)32-30-44(48)49)39(2)25-28-46(54)51-33-20-21-34-52-35-22-23-36-52/h39-45,48,53H,5-38H2,1-4H3,(H,51,54)/t39-,40+,41-,42-,43+,44+,45+,48+,49+,50-/m1/s1. The molecule has 324 valence electrons. The van der Waals surface area contributed by atoms with Crippen LogP contribution in [0, 0.1) is 46.3 Å². The summed E-state index contributed by atoms with van der Waals surface area (Å²) in [5, 5.41) is 15.1. The van der Waals surface area contributed by atoms with Crippen LogP contribution in [0.4, 0.5) is 0 Å². The largest absolute Gasteiger partial charge is 0.462 e. The van der Waals surface area contributed by atoms with Crippen molar-refractivity contribution in [1.29, 1.82) is 0 Å². The Labute approximate surface area is 345 Å². The Bertz CT molecular complexity index is 1140. The number of nitrogens with one attached hydrogen (secondary N) is 1. The van der Waals surface area contributed by atoms with Crippen molar-refractivity contribution >= 4 is 11.9 Å². The van der Waals surface area contributed by atoms with E-state index in [1.807, 2.05) is 0 Å². The number of amides is 1. The van der Waals surface area contributed by atoms with E-state index in [2.05, 4.69) is 37.9 Å². The Balaban J connectivity index is 0.951. The van der Waals surface area contributed by atoms with Crippen LogP contribution in [-0.4, -0.2) is 60.3 Å². The highest BCUT2D eigenvalue weighted by Crippen LogP contribution is 2.68. The Morgan fingerprint density at radius 1 is 0.732 bits per heavy atom. The molecular formula is C50H90N2O4. The van der Waals surface area contributed by atoms with Gasteiger partial charge in [0.1, 0.15) is 6.10 Å². The first-order valence-corrected chi connectivity index (χ1v) is 25.0. The van der Waals surface area contributed by atoms with E-state index in [4.69, 9.17) is 4.74 Å². The molecule has 4 saturated carbocycles. The maximum atomic E-state index is 12.9. The van der Waals surface area contributed by atoms with E-state index in [1.165, 1.54) is 148 Å². The summed E-state index contributed by atoms with van der Waals surface area (Å²) in [5.41, 5.74) is 0.495. The van der Waals surface area contributed by atoms with Crippen LogP contribution in [0.25, 0.3) is 0 Å². The lowest BCUT2D eigenvalue weighted by Crippen LogP contribution is -2.58. The first-order valence-electron chi connectivity index (χ1n) is 25.0. The molecule has 56 heavy (non-hydrogen) atoms. The summed E-state index contributed by atoms with van der Waals surface area (Å²) in [6.45, 7) is 14.3. The van der Waals surface area contributed by atoms with Crippen molar-refractivity contribution in [2.75, 3.05) is 26.2 Å². The number of hydrogen-bond donors (Lipinski definition) is 2. The molecule has 1 heterocycles. The smallest absolute Gasteiger partial charge is 0.306 e. The summed E-state index contributed by atoms with van der Waals surface area (Å²) < 4.78 is 6.14. The predicted octanol–water partition coefficient (Wildman–Crippen LogP) is 12.2. The molecule has 0 radical (unpaired) electrons. The molecule has 5 aliphatic rings. The minimum atomic E-state index is -0.247. The predicted molar refractivity (Wildman–Crippen MR) is 232 cm³/mol. The molecule has 0 spiro atoms. The normalized spacial score (nSPS) is 33.4. The number of esters is 1. The fourth-order valence-corrected chi connectivity index (χ4v) is 13.5. The second-order valence-corrected chi connectivity index (χ2v) is 20.7. The quantitative estimate of drug-likeness (QED) is 0.0675. The summed E-state index contributed by atoms with van der Waals surface area (Å²) in [7, 11) is 0. The van der Waals surface area contributed by atoms with Crippen molar-refractivity contribution in [2.24, 2.45) is 46.3 Å². The van der Waals surface area contributed by atoms with E-state index in [0.717, 1.165) is 57.9 Å². The van der Waals surface area contributed by atoms with Gasteiger partial charge in [0.05, 0.1) is 6.10 Å². The lowest BCUT2D eigenvalue weighted by atomic mass is 9.43. The second kappa shape index (κ2) is 23.6. The van der Waals surface area contributed by atoms with Crippen molar-refractivity contribution in [3.05, 3.63) is 0 Å². The third kappa shape index (κ3) is 12.9. The molecule has 0 aromatic carbocycles. The van der Waals surface area contributed by atoms with Crippen molar-refractivity contribution in [3.63, 3.8) is 0 Å². The van der Waals surface area contributed by atoms with Gasteiger partial charge in [0.25, 0.3) is 0 Å². The molecule has 0 unspecified atom stereocenters. The number of likely N-dealkylation sites (tertiary alicyclic amines) is 1. The van der Waals surface area contributed by atoms with Gasteiger partial charge in [-0.3, -0.25) is 9.59 Å². The zero-order valence-corrected chi connectivity index (χ0v) is 37.3. The fourth-order valence-electron chi connectivity index (χ4n) is 13.5. The van der Waals surface area contributed by atoms with Crippen molar-refractivity contribution in [1.82, 2.24) is 10.2 Å². The van der Waals surface area contributed by atoms with Crippen molar-refractivity contribution in [2.45, 2.75) is 233 Å². The topological polar surface area (TPSA) is 78.9 Å². The molecule has 6 heteroatoms. The monoisotopic (exact) mass is 783 g/mol. The molecule has 0 aromatic rings.